The van der Waals surface area contributed by atoms with Crippen LogP contribution in [0, 0.1) is 11.3 Å². The Kier molecular flexibility index (Phi) is 2.82. The van der Waals surface area contributed by atoms with Gasteiger partial charge in [-0.05, 0) is 35.9 Å². The highest BCUT2D eigenvalue weighted by atomic mass is 32.1. The Morgan fingerprint density at radius 2 is 1.87 bits per heavy atom. The minimum absolute atomic E-state index is 0.00111. The summed E-state index contributed by atoms with van der Waals surface area (Å²) in [7, 11) is 0. The highest BCUT2D eigenvalue weighted by molar-refractivity contribution is 7.18. The zero-order chi connectivity index (χ0) is 16.0. The Hall–Kier alpha value is -2.99. The average molecular weight is 332 g/mol. The number of nitriles is 1. The number of H-pyrrole nitrogens is 1. The van der Waals surface area contributed by atoms with Crippen LogP contribution in [0.25, 0.3) is 21.0 Å². The van der Waals surface area contributed by atoms with Gasteiger partial charge >= 0.3 is 6.29 Å². The van der Waals surface area contributed by atoms with E-state index in [0.717, 1.165) is 9.75 Å². The monoisotopic (exact) mass is 332 g/mol. The molecular weight excluding hydrogens is 326 g/mol. The van der Waals surface area contributed by atoms with E-state index in [9.17, 15) is 8.78 Å². The van der Waals surface area contributed by atoms with Crippen LogP contribution in [0.15, 0.2) is 30.3 Å². The number of nitrogens with zero attached hydrogens (tertiary/aromatic N) is 3. The third-order valence-electron chi connectivity index (χ3n) is 3.18. The number of fused-ring (bicyclic) bond motifs is 1. The molecule has 0 saturated carbocycles. The molecule has 1 aromatic carbocycles. The molecule has 2 aromatic heterocycles. The van der Waals surface area contributed by atoms with Gasteiger partial charge in [0.15, 0.2) is 17.2 Å². The van der Waals surface area contributed by atoms with Gasteiger partial charge in [0, 0.05) is 4.88 Å². The maximum absolute atomic E-state index is 13.1. The van der Waals surface area contributed by atoms with Gasteiger partial charge < -0.3 is 9.47 Å². The van der Waals surface area contributed by atoms with Crippen LogP contribution in [0.2, 0.25) is 0 Å². The molecular formula is C14H6F2N4O2S. The van der Waals surface area contributed by atoms with Crippen LogP contribution in [0.3, 0.4) is 0 Å². The summed E-state index contributed by atoms with van der Waals surface area (Å²) < 4.78 is 34.9. The van der Waals surface area contributed by atoms with Gasteiger partial charge in [-0.3, -0.25) is 0 Å². The molecule has 23 heavy (non-hydrogen) atoms. The molecule has 1 N–H and O–H groups in total. The molecule has 0 saturated heterocycles. The van der Waals surface area contributed by atoms with E-state index in [4.69, 9.17) is 5.26 Å². The molecule has 1 aliphatic rings. The first-order valence-electron chi connectivity index (χ1n) is 6.37. The number of ether oxygens (including phenoxy) is 2. The SMILES string of the molecule is N#Cc1n[nH]nc1-c1ccc(-c2ccc3c(c2)OC(F)(F)O3)s1. The number of aromatic amines is 1. The topological polar surface area (TPSA) is 83.8 Å². The summed E-state index contributed by atoms with van der Waals surface area (Å²) in [6.45, 7) is 0. The minimum atomic E-state index is -3.63. The van der Waals surface area contributed by atoms with E-state index in [1.165, 1.54) is 23.5 Å². The molecule has 3 heterocycles. The van der Waals surface area contributed by atoms with Crippen LogP contribution in [0.5, 0.6) is 11.5 Å². The molecule has 3 aromatic rings. The summed E-state index contributed by atoms with van der Waals surface area (Å²) >= 11 is 1.36. The summed E-state index contributed by atoms with van der Waals surface area (Å²) in [6.07, 6.45) is -3.63. The molecule has 9 heteroatoms. The molecule has 0 unspecified atom stereocenters. The van der Waals surface area contributed by atoms with Gasteiger partial charge in [-0.2, -0.15) is 15.6 Å². The predicted molar refractivity (Wildman–Crippen MR) is 76.0 cm³/mol. The summed E-state index contributed by atoms with van der Waals surface area (Å²) in [5.41, 5.74) is 1.35. The van der Waals surface area contributed by atoms with Crippen LogP contribution in [-0.2, 0) is 0 Å². The molecule has 0 atom stereocenters. The van der Waals surface area contributed by atoms with Crippen molar-refractivity contribution in [1.82, 2.24) is 15.4 Å². The fourth-order valence-electron chi connectivity index (χ4n) is 2.20. The first-order chi connectivity index (χ1) is 11.1. The van der Waals surface area contributed by atoms with Gasteiger partial charge in [-0.15, -0.1) is 25.2 Å². The van der Waals surface area contributed by atoms with Crippen LogP contribution in [-0.4, -0.2) is 21.7 Å². The normalized spacial score (nSPS) is 14.7. The van der Waals surface area contributed by atoms with Crippen molar-refractivity contribution in [3.05, 3.63) is 36.0 Å². The fraction of sp³-hybridized carbons (Fsp3) is 0.0714. The van der Waals surface area contributed by atoms with Crippen LogP contribution in [0.1, 0.15) is 5.69 Å². The smallest absolute Gasteiger partial charge is 0.395 e. The Labute approximate surface area is 131 Å². The molecule has 0 fully saturated rings. The number of benzene rings is 1. The maximum Gasteiger partial charge on any atom is 0.586 e. The number of alkyl halides is 2. The first-order valence-corrected chi connectivity index (χ1v) is 7.19. The molecule has 1 aliphatic heterocycles. The van der Waals surface area contributed by atoms with Gasteiger partial charge in [0.2, 0.25) is 0 Å². The zero-order valence-electron chi connectivity index (χ0n) is 11.2. The van der Waals surface area contributed by atoms with Crippen LogP contribution < -0.4 is 9.47 Å². The van der Waals surface area contributed by atoms with E-state index in [0.29, 0.717) is 11.3 Å². The van der Waals surface area contributed by atoms with E-state index < -0.39 is 6.29 Å². The molecule has 0 aliphatic carbocycles. The van der Waals surface area contributed by atoms with Gasteiger partial charge in [-0.1, -0.05) is 0 Å². The standard InChI is InChI=1S/C14H6F2N4O2S/c15-14(16)21-9-2-1-7(5-10(9)22-14)11-3-4-12(23-11)13-8(6-17)18-20-19-13/h1-5H,(H,18,19,20). The van der Waals surface area contributed by atoms with E-state index in [1.54, 1.807) is 12.1 Å². The first kappa shape index (κ1) is 13.7. The summed E-state index contributed by atoms with van der Waals surface area (Å²) in [4.78, 5) is 1.56. The largest absolute Gasteiger partial charge is 0.586 e. The van der Waals surface area contributed by atoms with Crippen molar-refractivity contribution in [2.24, 2.45) is 0 Å². The zero-order valence-corrected chi connectivity index (χ0v) is 12.0. The summed E-state index contributed by atoms with van der Waals surface area (Å²) in [5.74, 6) is -0.0135. The Morgan fingerprint density at radius 3 is 2.70 bits per heavy atom. The third kappa shape index (κ3) is 2.29. The molecule has 4 rings (SSSR count). The predicted octanol–water partition coefficient (Wildman–Crippen LogP) is 3.39. The lowest BCUT2D eigenvalue weighted by atomic mass is 10.1. The van der Waals surface area contributed by atoms with Crippen molar-refractivity contribution in [3.8, 4) is 38.6 Å². The lowest BCUT2D eigenvalue weighted by Gasteiger charge is -2.04. The highest BCUT2D eigenvalue weighted by Gasteiger charge is 2.43. The second-order valence-corrected chi connectivity index (χ2v) is 5.71. The Balaban J connectivity index is 1.70. The number of thiophene rings is 1. The maximum atomic E-state index is 13.1. The second kappa shape index (κ2) is 4.76. The van der Waals surface area contributed by atoms with Crippen molar-refractivity contribution in [2.45, 2.75) is 6.29 Å². The van der Waals surface area contributed by atoms with E-state index in [2.05, 4.69) is 24.9 Å². The van der Waals surface area contributed by atoms with Crippen molar-refractivity contribution in [3.63, 3.8) is 0 Å². The number of hydrogen-bond acceptors (Lipinski definition) is 6. The lowest BCUT2D eigenvalue weighted by molar-refractivity contribution is -0.286. The number of aromatic nitrogens is 3. The van der Waals surface area contributed by atoms with Crippen molar-refractivity contribution in [1.29, 1.82) is 5.26 Å². The molecule has 0 radical (unpaired) electrons. The summed E-state index contributed by atoms with van der Waals surface area (Å²) in [6, 6.07) is 10.1. The quantitative estimate of drug-likeness (QED) is 0.777. The second-order valence-electron chi connectivity index (χ2n) is 4.63. The van der Waals surface area contributed by atoms with E-state index in [-0.39, 0.29) is 17.2 Å². The van der Waals surface area contributed by atoms with Crippen molar-refractivity contribution < 1.29 is 18.3 Å². The van der Waals surface area contributed by atoms with Gasteiger partial charge in [0.25, 0.3) is 0 Å². The minimum Gasteiger partial charge on any atom is -0.395 e. The van der Waals surface area contributed by atoms with Gasteiger partial charge in [0.05, 0.1) is 4.88 Å². The van der Waals surface area contributed by atoms with Crippen molar-refractivity contribution in [2.75, 3.05) is 0 Å². The Morgan fingerprint density at radius 1 is 1.09 bits per heavy atom. The van der Waals surface area contributed by atoms with E-state index in [1.807, 2.05) is 12.1 Å². The van der Waals surface area contributed by atoms with Gasteiger partial charge in [-0.25, -0.2) is 0 Å². The molecule has 0 spiro atoms. The molecule has 0 amide bonds. The van der Waals surface area contributed by atoms with Crippen LogP contribution in [0.4, 0.5) is 8.78 Å². The lowest BCUT2D eigenvalue weighted by Crippen LogP contribution is -2.25. The fourth-order valence-corrected chi connectivity index (χ4v) is 3.20. The molecule has 6 nitrogen and oxygen atoms in total. The molecule has 114 valence electrons. The third-order valence-corrected chi connectivity index (χ3v) is 4.32. The molecule has 0 bridgehead atoms. The summed E-state index contributed by atoms with van der Waals surface area (Å²) in [5, 5.41) is 19.1. The van der Waals surface area contributed by atoms with E-state index >= 15 is 0 Å². The number of rotatable bonds is 2. The highest BCUT2D eigenvalue weighted by Crippen LogP contribution is 2.44. The number of halogens is 2. The Bertz CT molecular complexity index is 944. The van der Waals surface area contributed by atoms with Gasteiger partial charge in [0.1, 0.15) is 11.8 Å². The average Bonchev–Trinajstić information content (AvgIpc) is 3.21. The number of hydrogen-bond donors (Lipinski definition) is 1. The van der Waals surface area contributed by atoms with Crippen molar-refractivity contribution >= 4 is 11.3 Å². The van der Waals surface area contributed by atoms with Crippen LogP contribution >= 0.6 is 11.3 Å². The number of nitrogens with one attached hydrogen (secondary N) is 1.